The molecule has 9 heteroatoms. The van der Waals surface area contributed by atoms with Gasteiger partial charge in [-0.05, 0) is 35.7 Å². The van der Waals surface area contributed by atoms with E-state index in [1.807, 2.05) is 11.4 Å². The van der Waals surface area contributed by atoms with Crippen LogP contribution in [-0.4, -0.2) is 21.7 Å². The Labute approximate surface area is 152 Å². The zero-order chi connectivity index (χ0) is 18.5. The average Bonchev–Trinajstić information content (AvgIpc) is 3.28. The monoisotopic (exact) mass is 373 g/mol. The SMILES string of the molecule is NC(=O)N[C@H](CC(=O)Nc1ccc(-n2cccn2)c(F)c1)c1cccs1. The quantitative estimate of drug-likeness (QED) is 0.619. The van der Waals surface area contributed by atoms with Crippen LogP contribution in [0.25, 0.3) is 5.69 Å². The Bertz CT molecular complexity index is 896. The summed E-state index contributed by atoms with van der Waals surface area (Å²) in [5, 5.41) is 11.0. The van der Waals surface area contributed by atoms with Crippen molar-refractivity contribution >= 4 is 29.0 Å². The van der Waals surface area contributed by atoms with Crippen molar-refractivity contribution in [1.82, 2.24) is 15.1 Å². The van der Waals surface area contributed by atoms with E-state index in [2.05, 4.69) is 15.7 Å². The number of primary amides is 1. The number of nitrogens with two attached hydrogens (primary N) is 1. The predicted molar refractivity (Wildman–Crippen MR) is 96.5 cm³/mol. The summed E-state index contributed by atoms with van der Waals surface area (Å²) >= 11 is 1.40. The third-order valence-electron chi connectivity index (χ3n) is 3.58. The van der Waals surface area contributed by atoms with Crippen LogP contribution in [0.1, 0.15) is 17.3 Å². The van der Waals surface area contributed by atoms with Gasteiger partial charge in [-0.2, -0.15) is 5.10 Å². The van der Waals surface area contributed by atoms with Crippen molar-refractivity contribution in [2.75, 3.05) is 5.32 Å². The molecule has 0 aliphatic rings. The van der Waals surface area contributed by atoms with Gasteiger partial charge in [-0.25, -0.2) is 13.9 Å². The van der Waals surface area contributed by atoms with E-state index in [1.54, 1.807) is 30.6 Å². The number of nitrogens with one attached hydrogen (secondary N) is 2. The molecule has 0 bridgehead atoms. The number of thiophene rings is 1. The van der Waals surface area contributed by atoms with Crippen molar-refractivity contribution in [2.45, 2.75) is 12.5 Å². The van der Waals surface area contributed by atoms with Crippen molar-refractivity contribution in [3.05, 3.63) is 64.9 Å². The second-order valence-corrected chi connectivity index (χ2v) is 6.42. The van der Waals surface area contributed by atoms with Gasteiger partial charge < -0.3 is 16.4 Å². The lowest BCUT2D eigenvalue weighted by Gasteiger charge is -2.16. The third kappa shape index (κ3) is 4.25. The molecular formula is C17H16FN5O2S. The van der Waals surface area contributed by atoms with Crippen LogP contribution < -0.4 is 16.4 Å². The Hall–Kier alpha value is -3.20. The smallest absolute Gasteiger partial charge is 0.312 e. The number of hydrogen-bond acceptors (Lipinski definition) is 4. The molecule has 0 spiro atoms. The Balaban J connectivity index is 1.69. The van der Waals surface area contributed by atoms with Gasteiger partial charge in [0.2, 0.25) is 5.91 Å². The number of aromatic nitrogens is 2. The number of carbonyl (C=O) groups excluding carboxylic acids is 2. The van der Waals surface area contributed by atoms with Crippen LogP contribution in [0.15, 0.2) is 54.2 Å². The molecule has 26 heavy (non-hydrogen) atoms. The second kappa shape index (κ2) is 7.79. The summed E-state index contributed by atoms with van der Waals surface area (Å²) in [6.07, 6.45) is 3.15. The van der Waals surface area contributed by atoms with E-state index in [0.29, 0.717) is 5.69 Å². The molecule has 0 unspecified atom stereocenters. The molecule has 1 atom stereocenters. The molecule has 4 N–H and O–H groups in total. The summed E-state index contributed by atoms with van der Waals surface area (Å²) in [5.74, 6) is -0.889. The van der Waals surface area contributed by atoms with Gasteiger partial charge in [0.25, 0.3) is 0 Å². The molecule has 0 saturated heterocycles. The van der Waals surface area contributed by atoms with Gasteiger partial charge in [-0.1, -0.05) is 6.07 Å². The number of rotatable bonds is 6. The first kappa shape index (κ1) is 17.6. The molecule has 0 aliphatic carbocycles. The zero-order valence-electron chi connectivity index (χ0n) is 13.6. The first-order valence-electron chi connectivity index (χ1n) is 7.71. The van der Waals surface area contributed by atoms with Crippen LogP contribution in [0.5, 0.6) is 0 Å². The normalized spacial score (nSPS) is 11.7. The maximum absolute atomic E-state index is 14.2. The lowest BCUT2D eigenvalue weighted by atomic mass is 10.1. The minimum absolute atomic E-state index is 0.0218. The number of urea groups is 1. The van der Waals surface area contributed by atoms with E-state index in [0.717, 1.165) is 4.88 Å². The van der Waals surface area contributed by atoms with Crippen molar-refractivity contribution in [2.24, 2.45) is 5.73 Å². The van der Waals surface area contributed by atoms with E-state index >= 15 is 0 Å². The van der Waals surface area contributed by atoms with Crippen molar-refractivity contribution in [3.63, 3.8) is 0 Å². The maximum Gasteiger partial charge on any atom is 0.312 e. The largest absolute Gasteiger partial charge is 0.352 e. The van der Waals surface area contributed by atoms with Crippen molar-refractivity contribution in [3.8, 4) is 5.69 Å². The molecule has 2 aromatic heterocycles. The van der Waals surface area contributed by atoms with Gasteiger partial charge in [-0.15, -0.1) is 11.3 Å². The second-order valence-electron chi connectivity index (χ2n) is 5.45. The van der Waals surface area contributed by atoms with Crippen LogP contribution in [-0.2, 0) is 4.79 Å². The van der Waals surface area contributed by atoms with Crippen LogP contribution in [0.3, 0.4) is 0 Å². The molecule has 0 aliphatic heterocycles. The summed E-state index contributed by atoms with van der Waals surface area (Å²) in [6.45, 7) is 0. The fourth-order valence-corrected chi connectivity index (χ4v) is 3.24. The number of amides is 3. The molecule has 1 aromatic carbocycles. The number of nitrogens with zero attached hydrogens (tertiary/aromatic N) is 2. The lowest BCUT2D eigenvalue weighted by Crippen LogP contribution is -2.34. The van der Waals surface area contributed by atoms with E-state index in [1.165, 1.54) is 28.2 Å². The van der Waals surface area contributed by atoms with Gasteiger partial charge in [-0.3, -0.25) is 4.79 Å². The highest BCUT2D eigenvalue weighted by molar-refractivity contribution is 7.10. The molecular weight excluding hydrogens is 357 g/mol. The highest BCUT2D eigenvalue weighted by Gasteiger charge is 2.19. The van der Waals surface area contributed by atoms with E-state index in [-0.39, 0.29) is 18.0 Å². The average molecular weight is 373 g/mol. The van der Waals surface area contributed by atoms with E-state index in [4.69, 9.17) is 5.73 Å². The summed E-state index contributed by atoms with van der Waals surface area (Å²) in [4.78, 5) is 24.3. The van der Waals surface area contributed by atoms with Crippen LogP contribution in [0, 0.1) is 5.82 Å². The summed E-state index contributed by atoms with van der Waals surface area (Å²) in [6, 6.07) is 8.37. The lowest BCUT2D eigenvalue weighted by molar-refractivity contribution is -0.116. The highest BCUT2D eigenvalue weighted by atomic mass is 32.1. The molecule has 7 nitrogen and oxygen atoms in total. The molecule has 134 valence electrons. The first-order chi connectivity index (χ1) is 12.5. The summed E-state index contributed by atoms with van der Waals surface area (Å²) in [5.41, 5.74) is 5.77. The fraction of sp³-hybridized carbons (Fsp3) is 0.118. The van der Waals surface area contributed by atoms with Crippen molar-refractivity contribution < 1.29 is 14.0 Å². The van der Waals surface area contributed by atoms with Gasteiger partial charge in [0, 0.05) is 23.0 Å². The molecule has 0 radical (unpaired) electrons. The molecule has 0 fully saturated rings. The molecule has 0 saturated carbocycles. The van der Waals surface area contributed by atoms with E-state index < -0.39 is 17.9 Å². The highest BCUT2D eigenvalue weighted by Crippen LogP contribution is 2.23. The third-order valence-corrected chi connectivity index (χ3v) is 4.56. The van der Waals surface area contributed by atoms with Crippen LogP contribution >= 0.6 is 11.3 Å². The van der Waals surface area contributed by atoms with Gasteiger partial charge in [0.15, 0.2) is 5.82 Å². The van der Waals surface area contributed by atoms with Crippen LogP contribution in [0.2, 0.25) is 0 Å². The Morgan fingerprint density at radius 1 is 1.31 bits per heavy atom. The molecule has 3 amide bonds. The maximum atomic E-state index is 14.2. The fourth-order valence-electron chi connectivity index (χ4n) is 2.46. The molecule has 3 rings (SSSR count). The van der Waals surface area contributed by atoms with Gasteiger partial charge >= 0.3 is 6.03 Å². The molecule has 2 heterocycles. The summed E-state index contributed by atoms with van der Waals surface area (Å²) < 4.78 is 15.6. The number of benzene rings is 1. The van der Waals surface area contributed by atoms with Crippen LogP contribution in [0.4, 0.5) is 14.9 Å². The number of halogens is 1. The minimum atomic E-state index is -0.717. The topological polar surface area (TPSA) is 102 Å². The summed E-state index contributed by atoms with van der Waals surface area (Å²) in [7, 11) is 0. The number of carbonyl (C=O) groups is 2. The van der Waals surface area contributed by atoms with E-state index in [9.17, 15) is 14.0 Å². The van der Waals surface area contributed by atoms with Gasteiger partial charge in [0.05, 0.1) is 12.5 Å². The molecule has 3 aromatic rings. The number of anilines is 1. The Kier molecular flexibility index (Phi) is 5.28. The van der Waals surface area contributed by atoms with Gasteiger partial charge in [0.1, 0.15) is 5.69 Å². The minimum Gasteiger partial charge on any atom is -0.352 e. The Morgan fingerprint density at radius 2 is 2.15 bits per heavy atom. The standard InChI is InChI=1S/C17H16FN5O2S/c18-12-9-11(4-5-14(12)23-7-2-6-20-23)21-16(24)10-13(22-17(19)25)15-3-1-8-26-15/h1-9,13H,10H2,(H,21,24)(H3,19,22,25)/t13-/m1/s1. The predicted octanol–water partition coefficient (Wildman–Crippen LogP) is 2.81. The Morgan fingerprint density at radius 3 is 2.77 bits per heavy atom. The van der Waals surface area contributed by atoms with Crippen molar-refractivity contribution in [1.29, 1.82) is 0 Å². The first-order valence-corrected chi connectivity index (χ1v) is 8.59. The number of hydrogen-bond donors (Lipinski definition) is 3. The zero-order valence-corrected chi connectivity index (χ0v) is 14.4.